The van der Waals surface area contributed by atoms with E-state index in [1.807, 2.05) is 29.8 Å². The van der Waals surface area contributed by atoms with E-state index in [-0.39, 0.29) is 0 Å². The normalized spacial score (nSPS) is 36.3. The summed E-state index contributed by atoms with van der Waals surface area (Å²) in [4.78, 5) is 14.5. The molecule has 0 aromatic carbocycles. The number of fused-ring (bicyclic) bond motifs is 5. The number of esters is 1. The van der Waals surface area contributed by atoms with Gasteiger partial charge in [0.15, 0.2) is 0 Å². The highest BCUT2D eigenvalue weighted by Crippen LogP contribution is 2.55. The molecule has 0 spiro atoms. The summed E-state index contributed by atoms with van der Waals surface area (Å²) in [6.45, 7) is 2.01. The van der Waals surface area contributed by atoms with Crippen LogP contribution in [0.1, 0.15) is 29.5 Å². The van der Waals surface area contributed by atoms with E-state index in [4.69, 9.17) is 9.47 Å². The molecule has 5 atom stereocenters. The fourth-order valence-electron chi connectivity index (χ4n) is 5.10. The van der Waals surface area contributed by atoms with Crippen LogP contribution in [0.25, 0.3) is 0 Å². The molecule has 7 heteroatoms. The van der Waals surface area contributed by atoms with Crippen molar-refractivity contribution >= 4 is 28.6 Å². The topological polar surface area (TPSA) is 59.1 Å². The third kappa shape index (κ3) is 2.49. The molecule has 3 aliphatic rings. The molecule has 5 rings (SSSR count). The van der Waals surface area contributed by atoms with Crippen molar-refractivity contribution in [2.45, 2.75) is 55.3 Å². The van der Waals surface area contributed by atoms with Gasteiger partial charge in [-0.25, -0.2) is 4.79 Å². The Morgan fingerprint density at radius 3 is 2.15 bits per heavy atom. The van der Waals surface area contributed by atoms with Crippen LogP contribution in [0.5, 0.6) is 0 Å². The van der Waals surface area contributed by atoms with Gasteiger partial charge in [0.2, 0.25) is 5.60 Å². The van der Waals surface area contributed by atoms with Crippen molar-refractivity contribution in [3.8, 4) is 0 Å². The monoisotopic (exact) mass is 406 g/mol. The van der Waals surface area contributed by atoms with Gasteiger partial charge in [-0.3, -0.25) is 0 Å². The largest absolute Gasteiger partial charge is 0.456 e. The third-order valence-electron chi connectivity index (χ3n) is 6.70. The summed E-state index contributed by atoms with van der Waals surface area (Å²) in [7, 11) is 4.50. The quantitative estimate of drug-likeness (QED) is 0.482. The van der Waals surface area contributed by atoms with Crippen LogP contribution in [0.4, 0.5) is 0 Å². The number of carbonyl (C=O) groups excluding carboxylic acids is 1. The van der Waals surface area contributed by atoms with Crippen LogP contribution < -0.4 is 0 Å². The lowest BCUT2D eigenvalue weighted by molar-refractivity contribution is -0.939. The van der Waals surface area contributed by atoms with E-state index >= 15 is 0 Å². The molecular formula is C20H24NO4S2+. The number of morpholine rings is 1. The van der Waals surface area contributed by atoms with E-state index in [1.165, 1.54) is 22.7 Å². The van der Waals surface area contributed by atoms with Crippen LogP contribution >= 0.6 is 22.7 Å². The van der Waals surface area contributed by atoms with Crippen molar-refractivity contribution in [1.29, 1.82) is 0 Å². The summed E-state index contributed by atoms with van der Waals surface area (Å²) in [6.07, 6.45) is 2.10. The summed E-state index contributed by atoms with van der Waals surface area (Å²) < 4.78 is 12.9. The molecule has 2 bridgehead atoms. The number of rotatable bonds is 4. The van der Waals surface area contributed by atoms with Gasteiger partial charge in [-0.1, -0.05) is 12.1 Å². The third-order valence-corrected chi connectivity index (χ3v) is 8.66. The molecule has 0 radical (unpaired) electrons. The van der Waals surface area contributed by atoms with Gasteiger partial charge < -0.3 is 19.1 Å². The van der Waals surface area contributed by atoms with E-state index in [9.17, 15) is 9.90 Å². The van der Waals surface area contributed by atoms with Crippen LogP contribution in [0.15, 0.2) is 35.0 Å². The average molecular weight is 407 g/mol. The van der Waals surface area contributed by atoms with Gasteiger partial charge in [-0.15, -0.1) is 22.7 Å². The van der Waals surface area contributed by atoms with Crippen molar-refractivity contribution < 1.29 is 23.9 Å². The van der Waals surface area contributed by atoms with Crippen molar-refractivity contribution in [1.82, 2.24) is 0 Å². The highest BCUT2D eigenvalue weighted by Gasteiger charge is 2.73. The van der Waals surface area contributed by atoms with Gasteiger partial charge >= 0.3 is 5.97 Å². The number of aliphatic hydroxyl groups is 1. The summed E-state index contributed by atoms with van der Waals surface area (Å²) >= 11 is 2.74. The number of hydrogen-bond acceptors (Lipinski definition) is 6. The number of ether oxygens (including phenoxy) is 2. The smallest absolute Gasteiger partial charge is 0.349 e. The molecule has 27 heavy (non-hydrogen) atoms. The summed E-state index contributed by atoms with van der Waals surface area (Å²) in [5, 5.41) is 15.2. The Labute approximate surface area is 166 Å². The predicted molar refractivity (Wildman–Crippen MR) is 104 cm³/mol. The van der Waals surface area contributed by atoms with Crippen molar-refractivity contribution in [3.05, 3.63) is 44.8 Å². The Hall–Kier alpha value is -1.25. The molecule has 2 aromatic heterocycles. The minimum absolute atomic E-state index is 0.291. The lowest BCUT2D eigenvalue weighted by Gasteiger charge is -2.49. The molecule has 3 saturated heterocycles. The van der Waals surface area contributed by atoms with Crippen LogP contribution in [0, 0.1) is 0 Å². The lowest BCUT2D eigenvalue weighted by Crippen LogP contribution is -2.63. The molecule has 3 aliphatic heterocycles. The Morgan fingerprint density at radius 2 is 1.70 bits per heavy atom. The Balaban J connectivity index is 1.44. The maximum atomic E-state index is 13.3. The van der Waals surface area contributed by atoms with E-state index in [2.05, 4.69) is 14.1 Å². The van der Waals surface area contributed by atoms with E-state index < -0.39 is 17.2 Å². The van der Waals surface area contributed by atoms with Crippen LogP contribution in [0.2, 0.25) is 0 Å². The van der Waals surface area contributed by atoms with Gasteiger partial charge in [0.1, 0.15) is 29.9 Å². The molecular weight excluding hydrogens is 382 g/mol. The van der Waals surface area contributed by atoms with Crippen LogP contribution in [0.3, 0.4) is 0 Å². The number of likely N-dealkylation sites (N-methyl/N-ethyl adjacent to an activating group) is 1. The lowest BCUT2D eigenvalue weighted by atomic mass is 9.85. The second-order valence-corrected chi connectivity index (χ2v) is 10.6. The van der Waals surface area contributed by atoms with Gasteiger partial charge in [0, 0.05) is 12.8 Å². The number of epoxide rings is 1. The Morgan fingerprint density at radius 1 is 1.19 bits per heavy atom. The standard InChI is InChI=1S/C20H24NO4S2/c1-19(10-12-16-17(24-16)13(11-19)21(12,2)3)25-18(22)20(23,14-6-4-8-26-14)15-7-5-9-27-15/h4-9,12-13,16-17,23H,10-11H2,1-3H3/q+1/t12-,13?,16+,17?,19+/m0/s1. The number of hydrogen-bond donors (Lipinski definition) is 1. The van der Waals surface area contributed by atoms with Crippen molar-refractivity contribution in [2.24, 2.45) is 0 Å². The summed E-state index contributed by atoms with van der Waals surface area (Å²) in [5.41, 5.74) is -2.33. The molecule has 2 aromatic rings. The fourth-order valence-corrected chi connectivity index (χ4v) is 6.82. The number of quaternary nitrogens is 1. The van der Waals surface area contributed by atoms with Crippen molar-refractivity contribution in [3.63, 3.8) is 0 Å². The minimum atomic E-state index is -1.74. The number of carbonyl (C=O) groups is 1. The SMILES string of the molecule is C[C@]1(OC(=O)C(O)(c2cccs2)c2cccs2)CC2C3O[C@@H]3[C@H](C1)[N+]2(C)C. The Kier molecular flexibility index (Phi) is 3.72. The number of piperidine rings is 1. The average Bonchev–Trinajstić information content (AvgIpc) is 3.00. The first-order valence-corrected chi connectivity index (χ1v) is 11.0. The first-order valence-electron chi connectivity index (χ1n) is 9.28. The Bertz CT molecular complexity index is 806. The maximum Gasteiger partial charge on any atom is 0.349 e. The highest BCUT2D eigenvalue weighted by atomic mass is 32.1. The zero-order valence-corrected chi connectivity index (χ0v) is 17.3. The van der Waals surface area contributed by atoms with E-state index in [0.717, 1.165) is 17.3 Å². The zero-order valence-electron chi connectivity index (χ0n) is 15.6. The molecule has 5 heterocycles. The molecule has 3 fully saturated rings. The molecule has 2 unspecified atom stereocenters. The first-order chi connectivity index (χ1) is 12.8. The zero-order chi connectivity index (χ0) is 19.0. The van der Waals surface area contributed by atoms with Gasteiger partial charge in [0.25, 0.3) is 0 Å². The number of nitrogens with zero attached hydrogens (tertiary/aromatic N) is 1. The molecule has 1 N–H and O–H groups in total. The second kappa shape index (κ2) is 5.64. The summed E-state index contributed by atoms with van der Waals surface area (Å²) in [5.74, 6) is -0.573. The van der Waals surface area contributed by atoms with Crippen LogP contribution in [-0.2, 0) is 19.9 Å². The highest BCUT2D eigenvalue weighted by molar-refractivity contribution is 7.12. The molecule has 0 aliphatic carbocycles. The second-order valence-electron chi connectivity index (χ2n) is 8.74. The molecule has 0 saturated carbocycles. The predicted octanol–water partition coefficient (Wildman–Crippen LogP) is 2.74. The molecule has 0 amide bonds. The minimum Gasteiger partial charge on any atom is -0.456 e. The van der Waals surface area contributed by atoms with Crippen LogP contribution in [-0.4, -0.2) is 59.5 Å². The number of thiophene rings is 2. The van der Waals surface area contributed by atoms with Gasteiger partial charge in [0.05, 0.1) is 23.8 Å². The van der Waals surface area contributed by atoms with Gasteiger partial charge in [-0.2, -0.15) is 0 Å². The first kappa shape index (κ1) is 17.8. The van der Waals surface area contributed by atoms with E-state index in [0.29, 0.717) is 34.0 Å². The van der Waals surface area contributed by atoms with Gasteiger partial charge in [-0.05, 0) is 29.8 Å². The maximum absolute atomic E-state index is 13.3. The van der Waals surface area contributed by atoms with Crippen molar-refractivity contribution in [2.75, 3.05) is 14.1 Å². The fraction of sp³-hybridized carbons (Fsp3) is 0.550. The molecule has 5 nitrogen and oxygen atoms in total. The molecule has 144 valence electrons. The summed E-state index contributed by atoms with van der Waals surface area (Å²) in [6, 6.07) is 7.95. The van der Waals surface area contributed by atoms with E-state index in [1.54, 1.807) is 12.1 Å².